The highest BCUT2D eigenvalue weighted by Gasteiger charge is 2.22. The normalized spacial score (nSPS) is 14.3. The summed E-state index contributed by atoms with van der Waals surface area (Å²) in [5, 5.41) is 10.5. The molecule has 0 aliphatic heterocycles. The number of hydrogen-bond donors (Lipinski definition) is 0. The molecule has 1 atom stereocenters. The van der Waals surface area contributed by atoms with Crippen LogP contribution in [-0.2, 0) is 0 Å². The van der Waals surface area contributed by atoms with Gasteiger partial charge in [-0.2, -0.15) is 0 Å². The van der Waals surface area contributed by atoms with E-state index in [1.165, 1.54) is 93.2 Å². The highest BCUT2D eigenvalue weighted by molar-refractivity contribution is 6.16. The standard InChI is InChI=1S/C52H36/c1-2-14-35(15-3-1)38-17-12-18-39(32-38)40-19-13-20-42(33-40)52-48-26-10-8-24-46(48)51(47-25-9-11-27-49(47)52)37-30-28-36(29-31-37)50-34-41-16-4-5-21-43(41)44-22-6-7-23-45(44)50/h1-30,32-34,37H,31H2. The first kappa shape index (κ1) is 30.3. The second-order valence-corrected chi connectivity index (χ2v) is 14.0. The van der Waals surface area contributed by atoms with E-state index >= 15 is 0 Å². The van der Waals surface area contributed by atoms with Crippen molar-refractivity contribution in [1.29, 1.82) is 0 Å². The van der Waals surface area contributed by atoms with Crippen LogP contribution in [-0.4, -0.2) is 0 Å². The Bertz CT molecular complexity index is 2810. The molecule has 52 heavy (non-hydrogen) atoms. The van der Waals surface area contributed by atoms with Crippen LogP contribution in [0.2, 0.25) is 0 Å². The highest BCUT2D eigenvalue weighted by Crippen LogP contribution is 2.45. The van der Waals surface area contributed by atoms with Crippen molar-refractivity contribution >= 4 is 48.7 Å². The summed E-state index contributed by atoms with van der Waals surface area (Å²) < 4.78 is 0. The monoisotopic (exact) mass is 660 g/mol. The molecule has 0 spiro atoms. The zero-order chi connectivity index (χ0) is 34.4. The number of benzene rings is 9. The van der Waals surface area contributed by atoms with Gasteiger partial charge in [-0.3, -0.25) is 0 Å². The Morgan fingerprint density at radius 3 is 1.52 bits per heavy atom. The van der Waals surface area contributed by atoms with Gasteiger partial charge in [-0.25, -0.2) is 0 Å². The molecule has 0 saturated carbocycles. The van der Waals surface area contributed by atoms with Gasteiger partial charge in [0.2, 0.25) is 0 Å². The number of rotatable bonds is 5. The van der Waals surface area contributed by atoms with Crippen LogP contribution in [0, 0.1) is 0 Å². The van der Waals surface area contributed by atoms with E-state index in [0.717, 1.165) is 6.42 Å². The molecule has 0 aromatic heterocycles. The van der Waals surface area contributed by atoms with Gasteiger partial charge >= 0.3 is 0 Å². The van der Waals surface area contributed by atoms with Crippen LogP contribution in [0.4, 0.5) is 0 Å². The van der Waals surface area contributed by atoms with Crippen molar-refractivity contribution in [2.24, 2.45) is 0 Å². The van der Waals surface area contributed by atoms with Crippen LogP contribution >= 0.6 is 0 Å². The molecule has 0 radical (unpaired) electrons. The van der Waals surface area contributed by atoms with E-state index in [-0.39, 0.29) is 5.92 Å². The molecule has 0 saturated heterocycles. The number of hydrogen-bond acceptors (Lipinski definition) is 0. The number of fused-ring (bicyclic) bond motifs is 5. The number of allylic oxidation sites excluding steroid dienone is 4. The summed E-state index contributed by atoms with van der Waals surface area (Å²) in [6, 6.07) is 66.7. The Balaban J connectivity index is 1.08. The predicted molar refractivity (Wildman–Crippen MR) is 224 cm³/mol. The molecule has 9 aromatic carbocycles. The lowest BCUT2D eigenvalue weighted by molar-refractivity contribution is 0.873. The van der Waals surface area contributed by atoms with E-state index < -0.39 is 0 Å². The van der Waals surface area contributed by atoms with Crippen molar-refractivity contribution in [2.75, 3.05) is 0 Å². The van der Waals surface area contributed by atoms with Crippen LogP contribution < -0.4 is 0 Å². The van der Waals surface area contributed by atoms with Crippen molar-refractivity contribution in [1.82, 2.24) is 0 Å². The Morgan fingerprint density at radius 1 is 0.365 bits per heavy atom. The molecule has 1 unspecified atom stereocenters. The van der Waals surface area contributed by atoms with Gasteiger partial charge in [0.1, 0.15) is 0 Å². The molecule has 0 fully saturated rings. The predicted octanol–water partition coefficient (Wildman–Crippen LogP) is 14.4. The maximum absolute atomic E-state index is 2.46. The quantitative estimate of drug-likeness (QED) is 0.127. The molecule has 0 N–H and O–H groups in total. The van der Waals surface area contributed by atoms with Crippen molar-refractivity contribution in [3.05, 3.63) is 211 Å². The summed E-state index contributed by atoms with van der Waals surface area (Å²) in [5.74, 6) is 0.270. The zero-order valence-electron chi connectivity index (χ0n) is 28.8. The molecule has 10 rings (SSSR count). The Labute approximate surface area is 304 Å². The summed E-state index contributed by atoms with van der Waals surface area (Å²) in [7, 11) is 0. The SMILES string of the molecule is C1=CC(c2c3ccccc3c(-c3cccc(-c4cccc(-c5ccccc5)c4)c3)c3ccccc23)CC=C1c1cc2ccccc2c2ccccc12. The van der Waals surface area contributed by atoms with Gasteiger partial charge in [-0.15, -0.1) is 0 Å². The average Bonchev–Trinajstić information content (AvgIpc) is 3.23. The molecule has 0 heteroatoms. The van der Waals surface area contributed by atoms with E-state index in [9.17, 15) is 0 Å². The average molecular weight is 661 g/mol. The van der Waals surface area contributed by atoms with E-state index in [1.54, 1.807) is 0 Å². The van der Waals surface area contributed by atoms with Crippen LogP contribution in [0.3, 0.4) is 0 Å². The van der Waals surface area contributed by atoms with E-state index in [1.807, 2.05) is 0 Å². The molecule has 0 bridgehead atoms. The van der Waals surface area contributed by atoms with Crippen LogP contribution in [0.5, 0.6) is 0 Å². The van der Waals surface area contributed by atoms with Crippen molar-refractivity contribution < 1.29 is 0 Å². The summed E-state index contributed by atoms with van der Waals surface area (Å²) in [4.78, 5) is 0. The molecule has 1 aliphatic rings. The molecule has 1 aliphatic carbocycles. The fourth-order valence-electron chi connectivity index (χ4n) is 8.56. The first-order valence-electron chi connectivity index (χ1n) is 18.3. The lowest BCUT2D eigenvalue weighted by atomic mass is 9.80. The van der Waals surface area contributed by atoms with Gasteiger partial charge in [-0.1, -0.05) is 182 Å². The first-order chi connectivity index (χ1) is 25.8. The largest absolute Gasteiger partial charge is 0.0760 e. The lowest BCUT2D eigenvalue weighted by Crippen LogP contribution is -2.02. The fraction of sp³-hybridized carbons (Fsp3) is 0.0385. The molecule has 0 amide bonds. The summed E-state index contributed by atoms with van der Waals surface area (Å²) in [6.45, 7) is 0. The van der Waals surface area contributed by atoms with E-state index in [0.29, 0.717) is 0 Å². The third-order valence-corrected chi connectivity index (χ3v) is 11.0. The van der Waals surface area contributed by atoms with Gasteiger partial charge in [0.05, 0.1) is 0 Å². The summed E-state index contributed by atoms with van der Waals surface area (Å²) in [5.41, 5.74) is 11.5. The van der Waals surface area contributed by atoms with Crippen molar-refractivity contribution in [2.45, 2.75) is 12.3 Å². The maximum atomic E-state index is 2.46. The Hall–Kier alpha value is -6.50. The van der Waals surface area contributed by atoms with Gasteiger partial charge in [0, 0.05) is 5.92 Å². The Kier molecular flexibility index (Phi) is 7.40. The molecular formula is C52H36. The molecule has 9 aromatic rings. The second kappa shape index (κ2) is 12.7. The molecular weight excluding hydrogens is 625 g/mol. The van der Waals surface area contributed by atoms with Crippen LogP contribution in [0.15, 0.2) is 200 Å². The lowest BCUT2D eigenvalue weighted by Gasteiger charge is -2.24. The smallest absolute Gasteiger partial charge is 0.00684 e. The summed E-state index contributed by atoms with van der Waals surface area (Å²) in [6.07, 6.45) is 8.24. The van der Waals surface area contributed by atoms with Crippen LogP contribution in [0.1, 0.15) is 23.5 Å². The second-order valence-electron chi connectivity index (χ2n) is 14.0. The van der Waals surface area contributed by atoms with E-state index in [4.69, 9.17) is 0 Å². The third-order valence-electron chi connectivity index (χ3n) is 11.0. The third kappa shape index (κ3) is 5.15. The minimum Gasteiger partial charge on any atom is -0.0760 e. The fourth-order valence-corrected chi connectivity index (χ4v) is 8.56. The first-order valence-corrected chi connectivity index (χ1v) is 18.3. The van der Waals surface area contributed by atoms with Gasteiger partial charge in [-0.05, 0) is 118 Å². The van der Waals surface area contributed by atoms with Crippen LogP contribution in [0.25, 0.3) is 82.0 Å². The van der Waals surface area contributed by atoms with Crippen molar-refractivity contribution in [3.63, 3.8) is 0 Å². The van der Waals surface area contributed by atoms with E-state index in [2.05, 4.69) is 200 Å². The Morgan fingerprint density at radius 2 is 0.865 bits per heavy atom. The maximum Gasteiger partial charge on any atom is 0.00684 e. The van der Waals surface area contributed by atoms with Crippen molar-refractivity contribution in [3.8, 4) is 33.4 Å². The summed E-state index contributed by atoms with van der Waals surface area (Å²) >= 11 is 0. The minimum atomic E-state index is 0.270. The molecule has 0 heterocycles. The zero-order valence-corrected chi connectivity index (χ0v) is 28.8. The minimum absolute atomic E-state index is 0.270. The topological polar surface area (TPSA) is 0 Å². The molecule has 244 valence electrons. The highest BCUT2D eigenvalue weighted by atomic mass is 14.3. The van der Waals surface area contributed by atoms with Gasteiger partial charge in [0.25, 0.3) is 0 Å². The van der Waals surface area contributed by atoms with Gasteiger partial charge < -0.3 is 0 Å². The molecule has 0 nitrogen and oxygen atoms in total. The van der Waals surface area contributed by atoms with Gasteiger partial charge in [0.15, 0.2) is 0 Å².